The number of fused-ring (bicyclic) bond motifs is 6. The second kappa shape index (κ2) is 30.3. The van der Waals surface area contributed by atoms with Crippen molar-refractivity contribution in [2.45, 2.75) is 191 Å². The molecule has 0 radical (unpaired) electrons. The van der Waals surface area contributed by atoms with E-state index in [-0.39, 0.29) is 9.49 Å². The van der Waals surface area contributed by atoms with E-state index in [9.17, 15) is 0 Å². The van der Waals surface area contributed by atoms with Crippen molar-refractivity contribution >= 4 is 129 Å². The lowest BCUT2D eigenvalue weighted by Crippen LogP contribution is -2.06. The summed E-state index contributed by atoms with van der Waals surface area (Å²) in [5.74, 6) is 4.77. The number of hydrogen-bond acceptors (Lipinski definition) is 10. The number of thioether (sulfide) groups is 10. The largest absolute Gasteiger partial charge is 0.120 e. The third-order valence-electron chi connectivity index (χ3n) is 14.5. The van der Waals surface area contributed by atoms with Crippen LogP contribution in [-0.4, -0.2) is 32.5 Å². The van der Waals surface area contributed by atoms with Gasteiger partial charge >= 0.3 is 0 Å². The van der Waals surface area contributed by atoms with Gasteiger partial charge in [0.15, 0.2) is 0 Å². The first-order valence-corrected chi connectivity index (χ1v) is 38.9. The Labute approximate surface area is 527 Å². The highest BCUT2D eigenvalue weighted by Gasteiger charge is 2.38. The minimum atomic E-state index is 0.165. The fourth-order valence-electron chi connectivity index (χ4n) is 10.5. The Morgan fingerprint density at radius 1 is 0.300 bits per heavy atom. The van der Waals surface area contributed by atoms with E-state index < -0.39 is 0 Å². The van der Waals surface area contributed by atoms with Crippen molar-refractivity contribution in [2.75, 3.05) is 23.0 Å². The maximum Gasteiger partial charge on any atom is 0.0660 e. The third-order valence-corrected chi connectivity index (χ3v) is 28.1. The SMILES string of the molecule is CCCCCCSC1=C(SCCCCCC)SC(=C2c3cc(-c4ccc(SC(C)(C)C)cc4)ccc3-c3cc4c(cc32)-c2ccc(-c3ccc(SC(C)(C)C)cc3)cc2C4=C2SC(SCCCCCC)=C(SCCCCCC)S2)S1. The molecule has 10 heteroatoms. The zero-order valence-corrected chi connectivity index (χ0v) is 57.6. The van der Waals surface area contributed by atoms with Crippen LogP contribution in [0.3, 0.4) is 0 Å². The summed E-state index contributed by atoms with van der Waals surface area (Å²) in [6, 6.07) is 38.9. The van der Waals surface area contributed by atoms with Gasteiger partial charge in [0.1, 0.15) is 0 Å². The molecule has 0 nitrogen and oxygen atoms in total. The van der Waals surface area contributed by atoms with Gasteiger partial charge in [-0.15, -0.1) is 70.6 Å². The maximum atomic E-state index is 2.65. The number of benzene rings is 5. The molecule has 0 N–H and O–H groups in total. The molecule has 0 fully saturated rings. The molecule has 80 heavy (non-hydrogen) atoms. The third kappa shape index (κ3) is 16.5. The molecule has 0 unspecified atom stereocenters. The Hall–Kier alpha value is -1.44. The van der Waals surface area contributed by atoms with E-state index in [1.807, 2.05) is 23.5 Å². The van der Waals surface area contributed by atoms with Gasteiger partial charge in [0.25, 0.3) is 0 Å². The van der Waals surface area contributed by atoms with Crippen molar-refractivity contribution < 1.29 is 0 Å². The number of hydrogen-bond donors (Lipinski definition) is 0. The van der Waals surface area contributed by atoms with Crippen LogP contribution in [0.15, 0.2) is 132 Å². The van der Waals surface area contributed by atoms with Crippen molar-refractivity contribution in [1.82, 2.24) is 0 Å². The zero-order valence-electron chi connectivity index (χ0n) is 49.5. The van der Waals surface area contributed by atoms with Gasteiger partial charge in [-0.05, 0) is 164 Å². The van der Waals surface area contributed by atoms with Gasteiger partial charge in [-0.25, -0.2) is 0 Å². The molecule has 2 aliphatic heterocycles. The Morgan fingerprint density at radius 3 is 0.875 bits per heavy atom. The first-order valence-electron chi connectivity index (χ1n) is 30.0. The molecule has 5 aromatic carbocycles. The minimum Gasteiger partial charge on any atom is -0.120 e. The summed E-state index contributed by atoms with van der Waals surface area (Å²) in [7, 11) is 0. The predicted octanol–water partition coefficient (Wildman–Crippen LogP) is 26.7. The summed E-state index contributed by atoms with van der Waals surface area (Å²) in [5, 5.41) is 0. The molecule has 0 saturated carbocycles. The quantitative estimate of drug-likeness (QED) is 0.0342. The van der Waals surface area contributed by atoms with Crippen LogP contribution in [0.2, 0.25) is 0 Å². The molecule has 4 aliphatic rings. The van der Waals surface area contributed by atoms with E-state index in [4.69, 9.17) is 0 Å². The highest BCUT2D eigenvalue weighted by molar-refractivity contribution is 8.41. The molecule has 0 spiro atoms. The molecule has 426 valence electrons. The van der Waals surface area contributed by atoms with Gasteiger partial charge in [0.05, 0.1) is 25.4 Å². The predicted molar refractivity (Wildman–Crippen MR) is 382 cm³/mol. The second-order valence-corrected chi connectivity index (χ2v) is 37.3. The van der Waals surface area contributed by atoms with E-state index >= 15 is 0 Å². The number of rotatable bonds is 28. The van der Waals surface area contributed by atoms with E-state index in [0.717, 1.165) is 0 Å². The fourth-order valence-corrected chi connectivity index (χ4v) is 24.7. The number of unbranched alkanes of at least 4 members (excludes halogenated alkanes) is 12. The van der Waals surface area contributed by atoms with Crippen LogP contribution in [0.5, 0.6) is 0 Å². The maximum absolute atomic E-state index is 2.65. The van der Waals surface area contributed by atoms with Crippen LogP contribution in [0.4, 0.5) is 0 Å². The highest BCUT2D eigenvalue weighted by Crippen LogP contribution is 2.66. The first kappa shape index (κ1) is 63.1. The van der Waals surface area contributed by atoms with Crippen molar-refractivity contribution in [3.05, 3.63) is 145 Å². The second-order valence-electron chi connectivity index (χ2n) is 23.5. The standard InChI is InChI=1S/C70H86S10/c1-11-15-19-23-39-71-65-66(72-40-24-20-16-12-2)76-63(75-65)61-57-43-49(47-27-33-51(34-28-47)79-69(5,6)7)31-37-53(57)55-46-60-56(45-59(55)61)54-38-32-50(48-29-35-52(36-30-48)80-70(8,9)10)44-58(54)62(60)64-77-67(73-41-25-21-17-13-3)68(78-64)74-42-26-22-18-14-4/h27-38,43-46H,11-26,39-42H2,1-10H3. The molecule has 0 bridgehead atoms. The van der Waals surface area contributed by atoms with Crippen LogP contribution >= 0.6 is 118 Å². The minimum absolute atomic E-state index is 0.165. The smallest absolute Gasteiger partial charge is 0.0660 e. The van der Waals surface area contributed by atoms with Crippen LogP contribution in [0.1, 0.15) is 194 Å². The summed E-state index contributed by atoms with van der Waals surface area (Å²) < 4.78 is 9.37. The lowest BCUT2D eigenvalue weighted by molar-refractivity contribution is 0.707. The average Bonchev–Trinajstić information content (AvgIpc) is 4.39. The normalized spacial score (nSPS) is 15.0. The molecule has 2 heterocycles. The average molecular weight is 1250 g/mol. The van der Waals surface area contributed by atoms with Crippen molar-refractivity contribution in [2.24, 2.45) is 0 Å². The summed E-state index contributed by atoms with van der Waals surface area (Å²) in [6.07, 6.45) is 20.8. The van der Waals surface area contributed by atoms with Crippen molar-refractivity contribution in [3.8, 4) is 44.5 Å². The Bertz CT molecular complexity index is 2790. The molecule has 9 rings (SSSR count). The molecular weight excluding hydrogens is 1160 g/mol. The van der Waals surface area contributed by atoms with E-state index in [1.54, 1.807) is 0 Å². The lowest BCUT2D eigenvalue weighted by Gasteiger charge is -2.17. The first-order chi connectivity index (χ1) is 38.7. The molecule has 2 aliphatic carbocycles. The van der Waals surface area contributed by atoms with Gasteiger partial charge in [-0.2, -0.15) is 0 Å². The van der Waals surface area contributed by atoms with Gasteiger partial charge in [0, 0.05) is 30.4 Å². The summed E-state index contributed by atoms with van der Waals surface area (Å²) in [6.45, 7) is 23.1. The molecule has 5 aromatic rings. The molecule has 0 atom stereocenters. The summed E-state index contributed by atoms with van der Waals surface area (Å²) >= 11 is 20.7. The summed E-state index contributed by atoms with van der Waals surface area (Å²) in [5.41, 5.74) is 19.1. The fraction of sp³-hybridized carbons (Fsp3) is 0.457. The molecule has 0 amide bonds. The van der Waals surface area contributed by atoms with Crippen LogP contribution < -0.4 is 0 Å². The van der Waals surface area contributed by atoms with Crippen LogP contribution in [0, 0.1) is 0 Å². The van der Waals surface area contributed by atoms with Crippen molar-refractivity contribution in [3.63, 3.8) is 0 Å². The Kier molecular flexibility index (Phi) is 23.9. The highest BCUT2D eigenvalue weighted by atomic mass is 32.3. The van der Waals surface area contributed by atoms with Gasteiger partial charge in [-0.3, -0.25) is 0 Å². The molecular formula is C70H86S10. The zero-order chi connectivity index (χ0) is 56.2. The Balaban J connectivity index is 1.17. The van der Waals surface area contributed by atoms with Crippen LogP contribution in [0.25, 0.3) is 55.7 Å². The van der Waals surface area contributed by atoms with E-state index in [0.29, 0.717) is 0 Å². The van der Waals surface area contributed by atoms with Gasteiger partial charge in [-0.1, -0.05) is 242 Å². The van der Waals surface area contributed by atoms with Gasteiger partial charge in [0.2, 0.25) is 0 Å². The topological polar surface area (TPSA) is 0 Å². The van der Waals surface area contributed by atoms with E-state index in [1.165, 1.54) is 239 Å². The molecule has 0 aromatic heterocycles. The Morgan fingerprint density at radius 2 is 0.588 bits per heavy atom. The van der Waals surface area contributed by atoms with Crippen LogP contribution in [-0.2, 0) is 0 Å². The van der Waals surface area contributed by atoms with Crippen molar-refractivity contribution in [1.29, 1.82) is 0 Å². The monoisotopic (exact) mass is 1250 g/mol. The van der Waals surface area contributed by atoms with Gasteiger partial charge < -0.3 is 0 Å². The van der Waals surface area contributed by atoms with E-state index in [2.05, 4.69) is 260 Å². The summed E-state index contributed by atoms with van der Waals surface area (Å²) in [4.78, 5) is 2.65. The lowest BCUT2D eigenvalue weighted by atomic mass is 9.96. The molecule has 0 saturated heterocycles.